The van der Waals surface area contributed by atoms with Crippen LogP contribution in [0.2, 0.25) is 0 Å². The number of hydrogen-bond donors (Lipinski definition) is 14. The fraction of sp³-hybridized carbons (Fsp3) is 0.931. The minimum absolute atomic E-state index is 0.125. The van der Waals surface area contributed by atoms with Gasteiger partial charge in [-0.1, -0.05) is 0 Å². The molecule has 296 valence electrons. The molecular formula is C29H52N4O18. The van der Waals surface area contributed by atoms with Crippen LogP contribution in [0, 0.1) is 5.92 Å². The van der Waals surface area contributed by atoms with Gasteiger partial charge >= 0.3 is 0 Å². The van der Waals surface area contributed by atoms with Gasteiger partial charge in [-0.2, -0.15) is 0 Å². The summed E-state index contributed by atoms with van der Waals surface area (Å²) in [6.45, 7) is -0.575. The van der Waals surface area contributed by atoms with E-state index in [2.05, 4.69) is 10.6 Å². The molecule has 0 spiro atoms. The quantitative estimate of drug-likeness (QED) is 0.0882. The zero-order valence-corrected chi connectivity index (χ0v) is 28.0. The molecule has 1 aliphatic carbocycles. The smallest absolute Gasteiger partial charge is 0.217 e. The molecule has 1 saturated carbocycles. The van der Waals surface area contributed by atoms with Crippen molar-refractivity contribution >= 4 is 11.8 Å². The molecule has 4 rings (SSSR count). The molecule has 4 fully saturated rings. The van der Waals surface area contributed by atoms with Crippen molar-refractivity contribution in [2.45, 2.75) is 137 Å². The molecule has 0 aromatic carbocycles. The fourth-order valence-electron chi connectivity index (χ4n) is 6.94. The maximum Gasteiger partial charge on any atom is 0.217 e. The zero-order valence-electron chi connectivity index (χ0n) is 28.0. The molecule has 2 amide bonds. The van der Waals surface area contributed by atoms with Gasteiger partial charge in [-0.15, -0.1) is 0 Å². The molecule has 51 heavy (non-hydrogen) atoms. The Morgan fingerprint density at radius 1 is 0.608 bits per heavy atom. The first-order valence-electron chi connectivity index (χ1n) is 16.6. The molecule has 0 aromatic rings. The molecule has 20 atom stereocenters. The number of amides is 2. The van der Waals surface area contributed by atoms with E-state index in [-0.39, 0.29) is 6.42 Å². The van der Waals surface area contributed by atoms with Crippen LogP contribution in [0.15, 0.2) is 0 Å². The van der Waals surface area contributed by atoms with Crippen molar-refractivity contribution < 1.29 is 89.1 Å². The van der Waals surface area contributed by atoms with Gasteiger partial charge in [0.15, 0.2) is 18.9 Å². The Labute approximate surface area is 292 Å². The molecular weight excluding hydrogens is 692 g/mol. The van der Waals surface area contributed by atoms with Gasteiger partial charge in [-0.25, -0.2) is 0 Å². The minimum Gasteiger partial charge on any atom is -0.396 e. The Bertz CT molecular complexity index is 1140. The Hall–Kier alpha value is -1.78. The molecule has 3 saturated heterocycles. The van der Waals surface area contributed by atoms with Crippen LogP contribution in [0.5, 0.6) is 0 Å². The maximum atomic E-state index is 12.2. The van der Waals surface area contributed by atoms with Crippen LogP contribution in [-0.4, -0.2) is 206 Å². The predicted octanol–water partition coefficient (Wildman–Crippen LogP) is -8.86. The molecule has 3 aliphatic heterocycles. The summed E-state index contributed by atoms with van der Waals surface area (Å²) < 4.78 is 34.6. The summed E-state index contributed by atoms with van der Waals surface area (Å²) in [5.41, 5.74) is 12.3. The number of aliphatic hydroxyl groups excluding tert-OH is 10. The number of nitrogens with one attached hydrogen (secondary N) is 2. The SMILES string of the molecule is CC(=O)NC1C(O)OC(CO)C(OC2CC(CO)C(OC3OC(CO)C(OC4OC(CO)C(O)C(O)C4N)C(O)C3NC(C)=O)C(O)C2N)C1O. The second kappa shape index (κ2) is 18.0. The van der Waals surface area contributed by atoms with Gasteiger partial charge in [0.25, 0.3) is 0 Å². The molecule has 0 bridgehead atoms. The number of aliphatic hydroxyl groups is 10. The van der Waals surface area contributed by atoms with Gasteiger partial charge in [-0.05, 0) is 6.42 Å². The van der Waals surface area contributed by atoms with Crippen molar-refractivity contribution in [3.05, 3.63) is 0 Å². The van der Waals surface area contributed by atoms with Crippen molar-refractivity contribution in [1.29, 1.82) is 0 Å². The standard InChI is InChI=1S/C29H52N4O18/c1-8(38)32-17-22(43)25(13(6-36)47-27(17)45)46-11-3-10(4-34)24(21(42)15(11)30)50-29-18(33-9(2)39)23(44)26(14(7-37)49-29)51-28-16(31)20(41)19(40)12(5-35)48-28/h10-29,34-37,40-45H,3-7,30-31H2,1-2H3,(H,32,38)(H,33,39). The Balaban J connectivity index is 1.51. The van der Waals surface area contributed by atoms with Crippen LogP contribution >= 0.6 is 0 Å². The van der Waals surface area contributed by atoms with E-state index in [4.69, 9.17) is 39.9 Å². The molecule has 4 aliphatic rings. The van der Waals surface area contributed by atoms with Gasteiger partial charge < -0.3 is 102 Å². The largest absolute Gasteiger partial charge is 0.396 e. The lowest BCUT2D eigenvalue weighted by atomic mass is 9.79. The highest BCUT2D eigenvalue weighted by molar-refractivity contribution is 5.73. The molecule has 20 unspecified atom stereocenters. The van der Waals surface area contributed by atoms with E-state index in [0.29, 0.717) is 0 Å². The highest BCUT2D eigenvalue weighted by Gasteiger charge is 2.54. The van der Waals surface area contributed by atoms with Crippen LogP contribution in [0.25, 0.3) is 0 Å². The highest BCUT2D eigenvalue weighted by Crippen LogP contribution is 2.36. The number of ether oxygens (including phenoxy) is 6. The van der Waals surface area contributed by atoms with Crippen LogP contribution in [0.1, 0.15) is 20.3 Å². The number of carbonyl (C=O) groups is 2. The summed E-state index contributed by atoms with van der Waals surface area (Å²) in [6.07, 6.45) is -22.4. The number of nitrogens with two attached hydrogens (primary N) is 2. The number of carbonyl (C=O) groups excluding carboxylic acids is 2. The van der Waals surface area contributed by atoms with E-state index < -0.39 is 160 Å². The molecule has 16 N–H and O–H groups in total. The third kappa shape index (κ3) is 9.13. The van der Waals surface area contributed by atoms with E-state index in [1.807, 2.05) is 0 Å². The van der Waals surface area contributed by atoms with Crippen LogP contribution in [0.4, 0.5) is 0 Å². The maximum absolute atomic E-state index is 12.2. The molecule has 22 nitrogen and oxygen atoms in total. The third-order valence-electron chi connectivity index (χ3n) is 9.70. The first-order chi connectivity index (χ1) is 24.1. The number of hydrogen-bond acceptors (Lipinski definition) is 20. The average molecular weight is 745 g/mol. The van der Waals surface area contributed by atoms with Gasteiger partial charge in [-0.3, -0.25) is 9.59 Å². The van der Waals surface area contributed by atoms with Gasteiger partial charge in [0, 0.05) is 26.4 Å². The summed E-state index contributed by atoms with van der Waals surface area (Å²) >= 11 is 0. The second-order valence-corrected chi connectivity index (χ2v) is 13.3. The van der Waals surface area contributed by atoms with E-state index in [1.165, 1.54) is 0 Å². The summed E-state index contributed by atoms with van der Waals surface area (Å²) in [5, 5.41) is 109. The van der Waals surface area contributed by atoms with Crippen molar-refractivity contribution in [2.24, 2.45) is 17.4 Å². The predicted molar refractivity (Wildman–Crippen MR) is 164 cm³/mol. The van der Waals surface area contributed by atoms with Gasteiger partial charge in [0.1, 0.15) is 67.0 Å². The fourth-order valence-corrected chi connectivity index (χ4v) is 6.94. The average Bonchev–Trinajstić information content (AvgIpc) is 3.09. The van der Waals surface area contributed by atoms with E-state index in [1.54, 1.807) is 0 Å². The normalized spacial score (nSPS) is 47.8. The molecule has 22 heteroatoms. The van der Waals surface area contributed by atoms with Crippen molar-refractivity contribution in [2.75, 3.05) is 26.4 Å². The third-order valence-corrected chi connectivity index (χ3v) is 9.70. The number of rotatable bonds is 12. The Kier molecular flexibility index (Phi) is 14.8. The van der Waals surface area contributed by atoms with Crippen molar-refractivity contribution in [1.82, 2.24) is 10.6 Å². The van der Waals surface area contributed by atoms with Crippen molar-refractivity contribution in [3.8, 4) is 0 Å². The Morgan fingerprint density at radius 3 is 1.69 bits per heavy atom. The van der Waals surface area contributed by atoms with E-state index in [9.17, 15) is 60.7 Å². The topological polar surface area (TPSA) is 368 Å². The summed E-state index contributed by atoms with van der Waals surface area (Å²) in [6, 6.07) is -5.46. The summed E-state index contributed by atoms with van der Waals surface area (Å²) in [7, 11) is 0. The molecule has 3 heterocycles. The first kappa shape index (κ1) is 42.0. The minimum atomic E-state index is -1.73. The lowest BCUT2D eigenvalue weighted by Gasteiger charge is -2.50. The Morgan fingerprint density at radius 2 is 1.12 bits per heavy atom. The van der Waals surface area contributed by atoms with E-state index >= 15 is 0 Å². The van der Waals surface area contributed by atoms with Crippen LogP contribution < -0.4 is 22.1 Å². The molecule has 0 radical (unpaired) electrons. The summed E-state index contributed by atoms with van der Waals surface area (Å²) in [4.78, 5) is 23.9. The molecule has 0 aromatic heterocycles. The lowest BCUT2D eigenvalue weighted by molar-refractivity contribution is -0.341. The van der Waals surface area contributed by atoms with Crippen LogP contribution in [0.3, 0.4) is 0 Å². The zero-order chi connectivity index (χ0) is 37.9. The van der Waals surface area contributed by atoms with Gasteiger partial charge in [0.05, 0.1) is 50.2 Å². The van der Waals surface area contributed by atoms with E-state index in [0.717, 1.165) is 13.8 Å². The highest BCUT2D eigenvalue weighted by atomic mass is 16.7. The lowest BCUT2D eigenvalue weighted by Crippen LogP contribution is -2.70. The monoisotopic (exact) mass is 744 g/mol. The summed E-state index contributed by atoms with van der Waals surface area (Å²) in [5.74, 6) is -2.22. The second-order valence-electron chi connectivity index (χ2n) is 13.3. The van der Waals surface area contributed by atoms with Gasteiger partial charge in [0.2, 0.25) is 11.8 Å². The van der Waals surface area contributed by atoms with Crippen LogP contribution in [-0.2, 0) is 38.0 Å². The first-order valence-corrected chi connectivity index (χ1v) is 16.6. The van der Waals surface area contributed by atoms with Crippen molar-refractivity contribution in [3.63, 3.8) is 0 Å².